The minimum Gasteiger partial charge on any atom is -0.468 e. The third-order valence-electron chi connectivity index (χ3n) is 4.26. The Morgan fingerprint density at radius 3 is 2.41 bits per heavy atom. The number of azo groups is 1. The van der Waals surface area contributed by atoms with E-state index in [0.717, 1.165) is 11.0 Å². The maximum Gasteiger partial charge on any atom is 0.325 e. The molecule has 0 heterocycles. The quantitative estimate of drug-likeness (QED) is 0.253. The van der Waals surface area contributed by atoms with Gasteiger partial charge in [-0.25, -0.2) is 0 Å². The van der Waals surface area contributed by atoms with E-state index in [9.17, 15) is 29.8 Å². The number of carbonyl (C=O) groups is 3. The van der Waals surface area contributed by atoms with Crippen LogP contribution in [0.5, 0.6) is 0 Å². The van der Waals surface area contributed by atoms with E-state index in [0.29, 0.717) is 0 Å². The number of nitriles is 1. The fourth-order valence-electron chi connectivity index (χ4n) is 2.71. The van der Waals surface area contributed by atoms with Crippen LogP contribution in [0.3, 0.4) is 0 Å². The van der Waals surface area contributed by atoms with E-state index in [4.69, 9.17) is 4.74 Å². The Morgan fingerprint density at radius 2 is 1.82 bits per heavy atom. The molecule has 0 saturated carbocycles. The first-order chi connectivity index (χ1) is 16.2. The van der Waals surface area contributed by atoms with Crippen LogP contribution in [-0.2, 0) is 23.9 Å². The third-order valence-corrected chi connectivity index (χ3v) is 4.26. The van der Waals surface area contributed by atoms with Gasteiger partial charge in [0, 0.05) is 31.9 Å². The fraction of sp³-hybridized carbons (Fsp3) is 0.238. The van der Waals surface area contributed by atoms with Crippen LogP contribution in [0.2, 0.25) is 0 Å². The number of nitro groups is 1. The number of esters is 1. The SMILES string of the molecule is COCC(=O)N(CC(=O)OC)c1ccc(N=Nc2ccc([N+](=O)[O-])cc2C#N)c(NC(C)=O)c1. The molecule has 0 atom stereocenters. The molecular formula is C21H20N6O7. The Bertz CT molecular complexity index is 1190. The summed E-state index contributed by atoms with van der Waals surface area (Å²) in [6.07, 6.45) is 0. The number of nitro benzene ring substituents is 1. The lowest BCUT2D eigenvalue weighted by atomic mass is 10.2. The van der Waals surface area contributed by atoms with Crippen LogP contribution >= 0.6 is 0 Å². The van der Waals surface area contributed by atoms with Gasteiger partial charge in [-0.05, 0) is 24.3 Å². The average Bonchev–Trinajstić information content (AvgIpc) is 2.81. The second-order valence-corrected chi connectivity index (χ2v) is 6.64. The predicted molar refractivity (Wildman–Crippen MR) is 119 cm³/mol. The minimum absolute atomic E-state index is 0.0648. The highest BCUT2D eigenvalue weighted by molar-refractivity contribution is 6.00. The molecule has 13 nitrogen and oxygen atoms in total. The smallest absolute Gasteiger partial charge is 0.325 e. The molecule has 0 unspecified atom stereocenters. The molecule has 0 bridgehead atoms. The zero-order valence-electron chi connectivity index (χ0n) is 18.5. The molecule has 2 aromatic rings. The molecule has 0 saturated heterocycles. The first-order valence-corrected chi connectivity index (χ1v) is 9.58. The number of nitrogens with one attached hydrogen (secondary N) is 1. The molecule has 1 N–H and O–H groups in total. The van der Waals surface area contributed by atoms with Gasteiger partial charge in [-0.15, -0.1) is 10.2 Å². The fourth-order valence-corrected chi connectivity index (χ4v) is 2.71. The highest BCUT2D eigenvalue weighted by atomic mass is 16.6. The molecule has 176 valence electrons. The van der Waals surface area contributed by atoms with Crippen molar-refractivity contribution in [2.24, 2.45) is 10.2 Å². The van der Waals surface area contributed by atoms with Crippen molar-refractivity contribution in [3.8, 4) is 6.07 Å². The highest BCUT2D eigenvalue weighted by Crippen LogP contribution is 2.33. The molecule has 13 heteroatoms. The maximum atomic E-state index is 12.5. The molecule has 34 heavy (non-hydrogen) atoms. The number of anilines is 2. The van der Waals surface area contributed by atoms with E-state index >= 15 is 0 Å². The zero-order chi connectivity index (χ0) is 25.3. The maximum absolute atomic E-state index is 12.5. The number of amides is 2. The van der Waals surface area contributed by atoms with Crippen LogP contribution in [-0.4, -0.2) is 50.1 Å². The Morgan fingerprint density at radius 1 is 1.15 bits per heavy atom. The zero-order valence-corrected chi connectivity index (χ0v) is 18.5. The number of hydrogen-bond acceptors (Lipinski definition) is 10. The summed E-state index contributed by atoms with van der Waals surface area (Å²) in [4.78, 5) is 47.3. The number of nitrogens with zero attached hydrogens (tertiary/aromatic N) is 5. The lowest BCUT2D eigenvalue weighted by Gasteiger charge is -2.22. The lowest BCUT2D eigenvalue weighted by Crippen LogP contribution is -2.38. The molecule has 0 fully saturated rings. The van der Waals surface area contributed by atoms with E-state index in [1.165, 1.54) is 51.5 Å². The summed E-state index contributed by atoms with van der Waals surface area (Å²) in [5, 5.41) is 30.7. The van der Waals surface area contributed by atoms with Crippen molar-refractivity contribution in [3.05, 3.63) is 52.1 Å². The van der Waals surface area contributed by atoms with Gasteiger partial charge in [0.15, 0.2) is 0 Å². The summed E-state index contributed by atoms with van der Waals surface area (Å²) in [5.41, 5.74) is 0.319. The number of carbonyl (C=O) groups excluding carboxylic acids is 3. The van der Waals surface area contributed by atoms with Crippen LogP contribution in [0, 0.1) is 21.4 Å². The van der Waals surface area contributed by atoms with Crippen LogP contribution < -0.4 is 10.2 Å². The standard InChI is InChI=1S/C21H20N6O7/c1-13(28)23-19-9-15(26(11-21(30)34-3)20(29)12-33-2)4-7-18(19)25-24-17-6-5-16(27(31)32)8-14(17)10-22/h4-9H,11-12H2,1-3H3,(H,23,28). The third kappa shape index (κ3) is 6.65. The van der Waals surface area contributed by atoms with Crippen molar-refractivity contribution >= 4 is 46.2 Å². The van der Waals surface area contributed by atoms with Crippen LogP contribution in [0.1, 0.15) is 12.5 Å². The second kappa shape index (κ2) is 11.8. The van der Waals surface area contributed by atoms with Gasteiger partial charge in [-0.2, -0.15) is 5.26 Å². The number of methoxy groups -OCH3 is 2. The second-order valence-electron chi connectivity index (χ2n) is 6.64. The molecule has 0 aromatic heterocycles. The predicted octanol–water partition coefficient (Wildman–Crippen LogP) is 2.99. The van der Waals surface area contributed by atoms with E-state index < -0.39 is 29.3 Å². The summed E-state index contributed by atoms with van der Waals surface area (Å²) in [5.74, 6) is -1.64. The summed E-state index contributed by atoms with van der Waals surface area (Å²) in [6, 6.07) is 9.65. The summed E-state index contributed by atoms with van der Waals surface area (Å²) >= 11 is 0. The van der Waals surface area contributed by atoms with Crippen LogP contribution in [0.25, 0.3) is 0 Å². The minimum atomic E-state index is -0.670. The van der Waals surface area contributed by atoms with Gasteiger partial charge in [-0.1, -0.05) is 0 Å². The Balaban J connectivity index is 2.49. The molecule has 0 aliphatic heterocycles. The van der Waals surface area contributed by atoms with E-state index in [-0.39, 0.29) is 40.6 Å². The normalized spacial score (nSPS) is 10.4. The summed E-state index contributed by atoms with van der Waals surface area (Å²) < 4.78 is 9.49. The molecule has 2 aromatic carbocycles. The Hall–Kier alpha value is -4.70. The van der Waals surface area contributed by atoms with Gasteiger partial charge in [0.2, 0.25) is 5.91 Å². The van der Waals surface area contributed by atoms with Gasteiger partial charge < -0.3 is 14.8 Å². The number of ether oxygens (including phenoxy) is 2. The van der Waals surface area contributed by atoms with Crippen molar-refractivity contribution in [1.29, 1.82) is 5.26 Å². The Kier molecular flexibility index (Phi) is 8.86. The van der Waals surface area contributed by atoms with E-state index in [2.05, 4.69) is 20.3 Å². The highest BCUT2D eigenvalue weighted by Gasteiger charge is 2.21. The average molecular weight is 468 g/mol. The van der Waals surface area contributed by atoms with Crippen molar-refractivity contribution in [1.82, 2.24) is 0 Å². The summed E-state index contributed by atoms with van der Waals surface area (Å²) in [6.45, 7) is 0.568. The number of non-ortho nitro benzene ring substituents is 1. The van der Waals surface area contributed by atoms with Gasteiger partial charge in [0.05, 0.1) is 23.3 Å². The van der Waals surface area contributed by atoms with Gasteiger partial charge in [0.25, 0.3) is 11.6 Å². The first-order valence-electron chi connectivity index (χ1n) is 9.58. The van der Waals surface area contributed by atoms with Crippen molar-refractivity contribution in [3.63, 3.8) is 0 Å². The number of benzene rings is 2. The lowest BCUT2D eigenvalue weighted by molar-refractivity contribution is -0.384. The van der Waals surface area contributed by atoms with Crippen molar-refractivity contribution < 1.29 is 28.8 Å². The monoisotopic (exact) mass is 468 g/mol. The number of hydrogen-bond donors (Lipinski definition) is 1. The van der Waals surface area contributed by atoms with E-state index in [1.54, 1.807) is 0 Å². The molecule has 0 spiro atoms. The first kappa shape index (κ1) is 25.6. The van der Waals surface area contributed by atoms with Crippen LogP contribution in [0.15, 0.2) is 46.6 Å². The molecular weight excluding hydrogens is 448 g/mol. The van der Waals surface area contributed by atoms with Gasteiger partial charge in [-0.3, -0.25) is 29.4 Å². The molecule has 0 radical (unpaired) electrons. The molecule has 2 rings (SSSR count). The summed E-state index contributed by atoms with van der Waals surface area (Å²) in [7, 11) is 2.51. The van der Waals surface area contributed by atoms with Gasteiger partial charge in [0.1, 0.15) is 30.6 Å². The largest absolute Gasteiger partial charge is 0.468 e. The van der Waals surface area contributed by atoms with Crippen LogP contribution in [0.4, 0.5) is 28.4 Å². The Labute approximate surface area is 193 Å². The van der Waals surface area contributed by atoms with Crippen molar-refractivity contribution in [2.45, 2.75) is 6.92 Å². The molecule has 2 amide bonds. The van der Waals surface area contributed by atoms with E-state index in [1.807, 2.05) is 6.07 Å². The molecule has 0 aliphatic rings. The number of rotatable bonds is 9. The molecule has 0 aliphatic carbocycles. The van der Waals surface area contributed by atoms with Crippen molar-refractivity contribution in [2.75, 3.05) is 37.6 Å². The van der Waals surface area contributed by atoms with Gasteiger partial charge >= 0.3 is 5.97 Å². The topological polar surface area (TPSA) is 177 Å².